The molecule has 0 aliphatic carbocycles. The Morgan fingerprint density at radius 1 is 1.14 bits per heavy atom. The minimum Gasteiger partial charge on any atom is -0.491 e. The van der Waals surface area contributed by atoms with E-state index in [1.807, 2.05) is 13.8 Å². The third-order valence-corrected chi connectivity index (χ3v) is 5.02. The SMILES string of the molecule is CC(C)C[C@@](C)(COc1ccc(-c2ccnc(N(C)C(=O)O)n2)cc1C(F)(F)F)NC(=O)OC(C)(C)C. The van der Waals surface area contributed by atoms with E-state index in [1.165, 1.54) is 31.4 Å². The Morgan fingerprint density at radius 2 is 1.78 bits per heavy atom. The van der Waals surface area contributed by atoms with Crippen molar-refractivity contribution in [2.75, 3.05) is 18.6 Å². The zero-order valence-corrected chi connectivity index (χ0v) is 21.9. The van der Waals surface area contributed by atoms with Gasteiger partial charge in [0.05, 0.1) is 16.8 Å². The summed E-state index contributed by atoms with van der Waals surface area (Å²) in [5, 5.41) is 11.9. The Balaban J connectivity index is 2.37. The third-order valence-electron chi connectivity index (χ3n) is 5.02. The molecule has 0 unspecified atom stereocenters. The molecule has 2 aromatic rings. The van der Waals surface area contributed by atoms with E-state index >= 15 is 0 Å². The smallest absolute Gasteiger partial charge is 0.419 e. The molecule has 37 heavy (non-hydrogen) atoms. The van der Waals surface area contributed by atoms with Crippen molar-refractivity contribution in [2.45, 2.75) is 65.3 Å². The fourth-order valence-corrected chi connectivity index (χ4v) is 3.63. The normalized spacial score (nSPS) is 13.6. The van der Waals surface area contributed by atoms with Crippen molar-refractivity contribution in [3.05, 3.63) is 36.0 Å². The van der Waals surface area contributed by atoms with Gasteiger partial charge in [0, 0.05) is 18.8 Å². The van der Waals surface area contributed by atoms with Gasteiger partial charge in [0.1, 0.15) is 18.0 Å². The van der Waals surface area contributed by atoms with Crippen molar-refractivity contribution in [2.24, 2.45) is 5.92 Å². The molecule has 1 heterocycles. The second-order valence-corrected chi connectivity index (χ2v) is 10.4. The van der Waals surface area contributed by atoms with Gasteiger partial charge in [0.2, 0.25) is 5.95 Å². The zero-order chi connectivity index (χ0) is 28.2. The molecule has 1 atom stereocenters. The van der Waals surface area contributed by atoms with E-state index in [-0.39, 0.29) is 29.7 Å². The Morgan fingerprint density at radius 3 is 2.32 bits per heavy atom. The fourth-order valence-electron chi connectivity index (χ4n) is 3.63. The van der Waals surface area contributed by atoms with Crippen LogP contribution in [0.15, 0.2) is 30.5 Å². The molecular weight excluding hydrogens is 493 g/mol. The summed E-state index contributed by atoms with van der Waals surface area (Å²) in [4.78, 5) is 32.2. The van der Waals surface area contributed by atoms with E-state index in [0.717, 1.165) is 11.0 Å². The number of benzene rings is 1. The van der Waals surface area contributed by atoms with Crippen molar-refractivity contribution in [3.8, 4) is 17.0 Å². The van der Waals surface area contributed by atoms with Gasteiger partial charge in [-0.05, 0) is 64.3 Å². The highest BCUT2D eigenvalue weighted by Crippen LogP contribution is 2.39. The second kappa shape index (κ2) is 11.2. The number of amides is 2. The van der Waals surface area contributed by atoms with Crippen molar-refractivity contribution < 1.29 is 37.3 Å². The minimum atomic E-state index is -4.76. The van der Waals surface area contributed by atoms with Crippen LogP contribution in [0.25, 0.3) is 11.3 Å². The van der Waals surface area contributed by atoms with Gasteiger partial charge in [0.25, 0.3) is 0 Å². The summed E-state index contributed by atoms with van der Waals surface area (Å²) in [6.45, 7) is 10.4. The number of nitrogens with one attached hydrogen (secondary N) is 1. The van der Waals surface area contributed by atoms with Crippen molar-refractivity contribution in [1.29, 1.82) is 0 Å². The van der Waals surface area contributed by atoms with Crippen LogP contribution in [-0.4, -0.2) is 52.1 Å². The lowest BCUT2D eigenvalue weighted by atomic mass is 9.91. The second-order valence-electron chi connectivity index (χ2n) is 10.4. The summed E-state index contributed by atoms with van der Waals surface area (Å²) in [7, 11) is 1.22. The average Bonchev–Trinajstić information content (AvgIpc) is 2.74. The van der Waals surface area contributed by atoms with Crippen LogP contribution in [0.1, 0.15) is 53.5 Å². The Hall–Kier alpha value is -3.57. The lowest BCUT2D eigenvalue weighted by Crippen LogP contribution is -2.52. The van der Waals surface area contributed by atoms with E-state index in [4.69, 9.17) is 14.6 Å². The number of nitrogens with zero attached hydrogens (tertiary/aromatic N) is 3. The average molecular weight is 527 g/mol. The summed E-state index contributed by atoms with van der Waals surface area (Å²) in [5.41, 5.74) is -2.60. The number of rotatable bonds is 8. The molecule has 0 bridgehead atoms. The lowest BCUT2D eigenvalue weighted by molar-refractivity contribution is -0.139. The summed E-state index contributed by atoms with van der Waals surface area (Å²) in [6.07, 6.45) is -5.09. The standard InChI is InChI=1S/C25H33F3N4O5/c1-15(2)13-24(6,31-21(33)37-23(3,4)5)14-36-19-9-8-16(12-17(19)25(26,27)28)18-10-11-29-20(30-18)32(7)22(34)35/h8-12,15H,13-14H2,1-7H3,(H,31,33)(H,34,35)/t24-/m0/s1. The van der Waals surface area contributed by atoms with Crippen LogP contribution in [0.3, 0.4) is 0 Å². The van der Waals surface area contributed by atoms with Gasteiger partial charge in [-0.15, -0.1) is 0 Å². The molecule has 0 aliphatic rings. The first-order valence-electron chi connectivity index (χ1n) is 11.6. The van der Waals surface area contributed by atoms with Gasteiger partial charge in [0.15, 0.2) is 0 Å². The van der Waals surface area contributed by atoms with Crippen LogP contribution in [0.5, 0.6) is 5.75 Å². The Bertz CT molecular complexity index is 1120. The monoisotopic (exact) mass is 526 g/mol. The van der Waals surface area contributed by atoms with E-state index in [9.17, 15) is 22.8 Å². The quantitative estimate of drug-likeness (QED) is 0.435. The van der Waals surface area contributed by atoms with E-state index in [1.54, 1.807) is 27.7 Å². The van der Waals surface area contributed by atoms with Gasteiger partial charge < -0.3 is 19.9 Å². The van der Waals surface area contributed by atoms with Crippen molar-refractivity contribution in [1.82, 2.24) is 15.3 Å². The maximum atomic E-state index is 14.0. The molecule has 0 spiro atoms. The minimum absolute atomic E-state index is 0.0962. The molecule has 1 aromatic heterocycles. The first kappa shape index (κ1) is 29.7. The first-order valence-corrected chi connectivity index (χ1v) is 11.6. The van der Waals surface area contributed by atoms with Crippen LogP contribution >= 0.6 is 0 Å². The van der Waals surface area contributed by atoms with Gasteiger partial charge in [-0.1, -0.05) is 13.8 Å². The summed E-state index contributed by atoms with van der Waals surface area (Å²) in [6, 6.07) is 4.81. The first-order chi connectivity index (χ1) is 16.9. The number of carboxylic acid groups (broad SMARTS) is 1. The number of aromatic nitrogens is 2. The van der Waals surface area contributed by atoms with Crippen LogP contribution in [-0.2, 0) is 10.9 Å². The van der Waals surface area contributed by atoms with Crippen molar-refractivity contribution >= 4 is 18.1 Å². The molecule has 2 N–H and O–H groups in total. The van der Waals surface area contributed by atoms with E-state index in [2.05, 4.69) is 15.3 Å². The molecule has 204 valence electrons. The van der Waals surface area contributed by atoms with Crippen molar-refractivity contribution in [3.63, 3.8) is 0 Å². The van der Waals surface area contributed by atoms with Gasteiger partial charge in [-0.25, -0.2) is 24.5 Å². The predicted molar refractivity (Wildman–Crippen MR) is 132 cm³/mol. The molecule has 0 saturated heterocycles. The topological polar surface area (TPSA) is 114 Å². The van der Waals surface area contributed by atoms with Crippen LogP contribution < -0.4 is 15.0 Å². The number of hydrogen-bond acceptors (Lipinski definition) is 6. The molecule has 9 nitrogen and oxygen atoms in total. The maximum absolute atomic E-state index is 14.0. The van der Waals surface area contributed by atoms with Crippen LogP contribution in [0.2, 0.25) is 0 Å². The largest absolute Gasteiger partial charge is 0.491 e. The van der Waals surface area contributed by atoms with Gasteiger partial charge in [-0.3, -0.25) is 0 Å². The van der Waals surface area contributed by atoms with E-state index in [0.29, 0.717) is 6.42 Å². The molecule has 12 heteroatoms. The number of carbonyl (C=O) groups excluding carboxylic acids is 1. The number of ether oxygens (including phenoxy) is 2. The molecule has 2 amide bonds. The highest BCUT2D eigenvalue weighted by Gasteiger charge is 2.37. The zero-order valence-electron chi connectivity index (χ0n) is 21.9. The fraction of sp³-hybridized carbons (Fsp3) is 0.520. The molecule has 0 aliphatic heterocycles. The van der Waals surface area contributed by atoms with Crippen LogP contribution in [0, 0.1) is 5.92 Å². The van der Waals surface area contributed by atoms with E-state index < -0.39 is 40.8 Å². The van der Waals surface area contributed by atoms with Gasteiger partial charge >= 0.3 is 18.4 Å². The number of carbonyl (C=O) groups is 2. The molecule has 1 aromatic carbocycles. The Labute approximate surface area is 214 Å². The molecular formula is C25H33F3N4O5. The Kier molecular flexibility index (Phi) is 9.00. The number of hydrogen-bond donors (Lipinski definition) is 2. The summed E-state index contributed by atoms with van der Waals surface area (Å²) >= 11 is 0. The highest BCUT2D eigenvalue weighted by atomic mass is 19.4. The molecule has 0 saturated carbocycles. The molecule has 0 radical (unpaired) electrons. The molecule has 0 fully saturated rings. The number of alkyl halides is 3. The maximum Gasteiger partial charge on any atom is 0.419 e. The molecule has 2 rings (SSSR count). The summed E-state index contributed by atoms with van der Waals surface area (Å²) < 4.78 is 52.9. The summed E-state index contributed by atoms with van der Waals surface area (Å²) in [5.74, 6) is -0.505. The number of halogens is 3. The number of alkyl carbamates (subject to hydrolysis) is 1. The van der Waals surface area contributed by atoms with Crippen LogP contribution in [0.4, 0.5) is 28.7 Å². The number of anilines is 1. The van der Waals surface area contributed by atoms with Gasteiger partial charge in [-0.2, -0.15) is 13.2 Å². The predicted octanol–water partition coefficient (Wildman–Crippen LogP) is 5.98. The lowest BCUT2D eigenvalue weighted by Gasteiger charge is -2.33. The highest BCUT2D eigenvalue weighted by molar-refractivity contribution is 5.83. The third kappa shape index (κ3) is 8.80.